The van der Waals surface area contributed by atoms with Crippen LogP contribution in [0.15, 0.2) is 41.8 Å². The molecular weight excluding hydrogens is 454 g/mol. The van der Waals surface area contributed by atoms with Crippen molar-refractivity contribution in [3.63, 3.8) is 0 Å². The Labute approximate surface area is 214 Å². The Morgan fingerprint density at radius 2 is 1.77 bits per heavy atom. The molecule has 2 amide bonds. The number of fused-ring (bicyclic) bond motifs is 1. The van der Waals surface area contributed by atoms with E-state index in [0.717, 1.165) is 31.8 Å². The highest BCUT2D eigenvalue weighted by Crippen LogP contribution is 2.37. The van der Waals surface area contributed by atoms with Crippen molar-refractivity contribution < 1.29 is 9.59 Å². The number of thiophene rings is 1. The molecule has 5 nitrogen and oxygen atoms in total. The van der Waals surface area contributed by atoms with Crippen molar-refractivity contribution >= 4 is 23.2 Å². The molecule has 6 heteroatoms. The van der Waals surface area contributed by atoms with Gasteiger partial charge in [0.25, 0.3) is 0 Å². The number of amides is 2. The van der Waals surface area contributed by atoms with Gasteiger partial charge in [-0.3, -0.25) is 14.5 Å². The molecule has 0 bridgehead atoms. The molecule has 0 radical (unpaired) electrons. The van der Waals surface area contributed by atoms with Crippen molar-refractivity contribution in [2.75, 3.05) is 32.7 Å². The minimum Gasteiger partial charge on any atom is -0.339 e. The van der Waals surface area contributed by atoms with E-state index in [9.17, 15) is 9.59 Å². The molecule has 2 aromatic rings. The van der Waals surface area contributed by atoms with Gasteiger partial charge in [0.15, 0.2) is 0 Å². The molecule has 188 valence electrons. The van der Waals surface area contributed by atoms with Crippen molar-refractivity contribution in [1.82, 2.24) is 14.7 Å². The van der Waals surface area contributed by atoms with E-state index in [2.05, 4.69) is 53.6 Å². The van der Waals surface area contributed by atoms with Crippen LogP contribution in [0, 0.1) is 5.92 Å². The van der Waals surface area contributed by atoms with Gasteiger partial charge in [0.05, 0.1) is 6.04 Å². The third kappa shape index (κ3) is 5.64. The second-order valence-electron chi connectivity index (χ2n) is 10.6. The Balaban J connectivity index is 1.14. The molecule has 1 saturated heterocycles. The second kappa shape index (κ2) is 11.3. The molecule has 5 rings (SSSR count). The summed E-state index contributed by atoms with van der Waals surface area (Å²) in [6.45, 7) is 5.84. The van der Waals surface area contributed by atoms with Crippen LogP contribution in [0.1, 0.15) is 73.9 Å². The highest BCUT2D eigenvalue weighted by atomic mass is 32.1. The van der Waals surface area contributed by atoms with Gasteiger partial charge in [0.2, 0.25) is 11.8 Å². The second-order valence-corrected chi connectivity index (χ2v) is 11.6. The predicted octanol–water partition coefficient (Wildman–Crippen LogP) is 5.12. The van der Waals surface area contributed by atoms with Crippen LogP contribution in [-0.4, -0.2) is 65.3 Å². The predicted molar refractivity (Wildman–Crippen MR) is 141 cm³/mol. The number of piperazine rings is 1. The van der Waals surface area contributed by atoms with Gasteiger partial charge in [-0.25, -0.2) is 0 Å². The number of carbonyl (C=O) groups is 2. The Morgan fingerprint density at radius 3 is 2.54 bits per heavy atom. The highest BCUT2D eigenvalue weighted by Gasteiger charge is 2.32. The van der Waals surface area contributed by atoms with Crippen LogP contribution < -0.4 is 0 Å². The third-order valence-electron chi connectivity index (χ3n) is 8.34. The van der Waals surface area contributed by atoms with Gasteiger partial charge >= 0.3 is 0 Å². The number of benzene rings is 1. The van der Waals surface area contributed by atoms with Crippen molar-refractivity contribution in [2.24, 2.45) is 5.92 Å². The van der Waals surface area contributed by atoms with E-state index in [1.165, 1.54) is 41.7 Å². The van der Waals surface area contributed by atoms with Crippen LogP contribution >= 0.6 is 11.3 Å². The van der Waals surface area contributed by atoms with Crippen LogP contribution in [0.3, 0.4) is 0 Å². The van der Waals surface area contributed by atoms with Crippen molar-refractivity contribution in [2.45, 2.75) is 70.4 Å². The minimum atomic E-state index is 0.101. The van der Waals surface area contributed by atoms with Crippen LogP contribution in [0.4, 0.5) is 0 Å². The zero-order valence-electron chi connectivity index (χ0n) is 21.0. The number of hydrogen-bond donors (Lipinski definition) is 0. The van der Waals surface area contributed by atoms with E-state index in [0.29, 0.717) is 32.5 Å². The third-order valence-corrected chi connectivity index (χ3v) is 9.33. The van der Waals surface area contributed by atoms with Gasteiger partial charge < -0.3 is 9.80 Å². The van der Waals surface area contributed by atoms with E-state index in [-0.39, 0.29) is 23.9 Å². The van der Waals surface area contributed by atoms with E-state index in [4.69, 9.17) is 0 Å². The summed E-state index contributed by atoms with van der Waals surface area (Å²) in [7, 11) is 0. The Kier molecular flexibility index (Phi) is 7.88. The molecule has 0 unspecified atom stereocenters. The van der Waals surface area contributed by atoms with Gasteiger partial charge in [-0.1, -0.05) is 56.0 Å². The van der Waals surface area contributed by atoms with Gasteiger partial charge in [0.1, 0.15) is 0 Å². The van der Waals surface area contributed by atoms with E-state index in [1.807, 2.05) is 21.1 Å². The largest absolute Gasteiger partial charge is 0.339 e. The van der Waals surface area contributed by atoms with Crippen LogP contribution in [0.25, 0.3) is 0 Å². The quantitative estimate of drug-likeness (QED) is 0.538. The van der Waals surface area contributed by atoms with E-state index < -0.39 is 0 Å². The molecule has 0 spiro atoms. The molecule has 2 fully saturated rings. The monoisotopic (exact) mass is 493 g/mol. The lowest BCUT2D eigenvalue weighted by Gasteiger charge is -2.41. The molecule has 0 N–H and O–H groups in total. The van der Waals surface area contributed by atoms with E-state index in [1.54, 1.807) is 0 Å². The normalized spacial score (nSPS) is 23.5. The van der Waals surface area contributed by atoms with Gasteiger partial charge in [-0.2, -0.15) is 0 Å². The molecule has 1 aromatic heterocycles. The maximum Gasteiger partial charge on any atom is 0.223 e. The zero-order chi connectivity index (χ0) is 24.2. The van der Waals surface area contributed by atoms with Crippen molar-refractivity contribution in [3.05, 3.63) is 57.8 Å². The van der Waals surface area contributed by atoms with Crippen molar-refractivity contribution in [3.8, 4) is 0 Å². The molecular formula is C29H39N3O2S. The van der Waals surface area contributed by atoms with Gasteiger partial charge in [-0.15, -0.1) is 11.3 Å². The van der Waals surface area contributed by atoms with Crippen LogP contribution in [0.5, 0.6) is 0 Å². The average molecular weight is 494 g/mol. The lowest BCUT2D eigenvalue weighted by molar-refractivity contribution is -0.142. The smallest absolute Gasteiger partial charge is 0.223 e. The first-order chi connectivity index (χ1) is 17.1. The number of nitrogens with zero attached hydrogens (tertiary/aromatic N) is 3. The molecule has 2 aliphatic heterocycles. The fourth-order valence-corrected chi connectivity index (χ4v) is 7.26. The number of rotatable bonds is 7. The SMILES string of the molecule is C[C@@H]1CN(C(=O)CCN2CCc3sccc3[C@@H]2c2ccccc2)CCN1C(=O)CCC1CCCC1. The molecule has 2 atom stereocenters. The molecule has 3 aliphatic rings. The Morgan fingerprint density at radius 1 is 0.971 bits per heavy atom. The first-order valence-electron chi connectivity index (χ1n) is 13.5. The maximum atomic E-state index is 13.2. The fraction of sp³-hybridized carbons (Fsp3) is 0.586. The van der Waals surface area contributed by atoms with Crippen LogP contribution in [-0.2, 0) is 16.0 Å². The molecule has 1 saturated carbocycles. The summed E-state index contributed by atoms with van der Waals surface area (Å²) in [6.07, 6.45) is 8.54. The lowest BCUT2D eigenvalue weighted by atomic mass is 9.93. The summed E-state index contributed by atoms with van der Waals surface area (Å²) in [5.74, 6) is 1.25. The number of carbonyl (C=O) groups excluding carboxylic acids is 2. The molecule has 1 aliphatic carbocycles. The average Bonchev–Trinajstić information content (AvgIpc) is 3.58. The maximum absolute atomic E-state index is 13.2. The Hall–Kier alpha value is -2.18. The van der Waals surface area contributed by atoms with Gasteiger partial charge in [-0.05, 0) is 48.3 Å². The molecule has 3 heterocycles. The highest BCUT2D eigenvalue weighted by molar-refractivity contribution is 7.10. The topological polar surface area (TPSA) is 43.9 Å². The summed E-state index contributed by atoms with van der Waals surface area (Å²) >= 11 is 1.85. The Bertz CT molecular complexity index is 1000. The zero-order valence-corrected chi connectivity index (χ0v) is 21.8. The summed E-state index contributed by atoms with van der Waals surface area (Å²) < 4.78 is 0. The van der Waals surface area contributed by atoms with Crippen molar-refractivity contribution in [1.29, 1.82) is 0 Å². The fourth-order valence-electron chi connectivity index (χ4n) is 6.36. The van der Waals surface area contributed by atoms with Gasteiger partial charge in [0, 0.05) is 56.5 Å². The summed E-state index contributed by atoms with van der Waals surface area (Å²) in [5.41, 5.74) is 2.70. The first-order valence-corrected chi connectivity index (χ1v) is 14.4. The first kappa shape index (κ1) is 24.5. The van der Waals surface area contributed by atoms with E-state index >= 15 is 0 Å². The number of hydrogen-bond acceptors (Lipinski definition) is 4. The lowest BCUT2D eigenvalue weighted by Crippen LogP contribution is -2.55. The molecule has 35 heavy (non-hydrogen) atoms. The summed E-state index contributed by atoms with van der Waals surface area (Å²) in [5, 5.41) is 2.20. The van der Waals surface area contributed by atoms with Crippen LogP contribution in [0.2, 0.25) is 0 Å². The molecule has 1 aromatic carbocycles. The summed E-state index contributed by atoms with van der Waals surface area (Å²) in [6, 6.07) is 13.3. The minimum absolute atomic E-state index is 0.101. The summed E-state index contributed by atoms with van der Waals surface area (Å²) in [4.78, 5) is 34.0. The standard InChI is InChI=1S/C29H39N3O2S/c1-22-21-31(18-19-32(22)28(34)12-11-23-7-5-6-8-23)27(33)14-17-30-16-13-26-25(15-20-35-26)29(30)24-9-3-2-4-10-24/h2-4,9-10,15,20,22-23,29H,5-8,11-14,16-19,21H2,1H3/t22-,29+/m1/s1.